The molecule has 2 rings (SSSR count). The van der Waals surface area contributed by atoms with Gasteiger partial charge in [-0.05, 0) is 0 Å². The summed E-state index contributed by atoms with van der Waals surface area (Å²) in [5, 5.41) is 8.08. The van der Waals surface area contributed by atoms with Gasteiger partial charge in [0.05, 0.1) is 7.11 Å². The lowest BCUT2D eigenvalue weighted by atomic mass is 10.6. The van der Waals surface area contributed by atoms with Gasteiger partial charge < -0.3 is 4.74 Å². The van der Waals surface area contributed by atoms with Gasteiger partial charge in [-0.15, -0.1) is 5.10 Å². The molecule has 0 aliphatic rings. The highest BCUT2D eigenvalue weighted by molar-refractivity contribution is 7.89. The monoisotopic (exact) mass is 229 g/mol. The molecule has 2 aromatic heterocycles. The third kappa shape index (κ3) is 1.62. The van der Waals surface area contributed by atoms with E-state index >= 15 is 0 Å². The first-order valence-corrected chi connectivity index (χ1v) is 5.35. The largest absolute Gasteiger partial charge is 0.467 e. The second-order valence-electron chi connectivity index (χ2n) is 2.64. The molecular formula is C6H7N5O3S. The zero-order chi connectivity index (χ0) is 11.1. The first-order chi connectivity index (χ1) is 7.02. The Morgan fingerprint density at radius 3 is 2.87 bits per heavy atom. The van der Waals surface area contributed by atoms with Gasteiger partial charge in [-0.1, -0.05) is 0 Å². The number of fused-ring (bicyclic) bond motifs is 1. The van der Waals surface area contributed by atoms with Crippen molar-refractivity contribution in [3.8, 4) is 6.01 Å². The minimum absolute atomic E-state index is 0.134. The van der Waals surface area contributed by atoms with E-state index < -0.39 is 15.2 Å². The molecule has 2 aromatic rings. The van der Waals surface area contributed by atoms with Crippen molar-refractivity contribution in [2.75, 3.05) is 7.11 Å². The van der Waals surface area contributed by atoms with Gasteiger partial charge in [0.1, 0.15) is 0 Å². The van der Waals surface area contributed by atoms with Gasteiger partial charge in [0.2, 0.25) is 0 Å². The van der Waals surface area contributed by atoms with E-state index in [4.69, 9.17) is 9.88 Å². The maximum Gasteiger partial charge on any atom is 0.319 e. The van der Waals surface area contributed by atoms with Crippen LogP contribution in [0.25, 0.3) is 5.65 Å². The van der Waals surface area contributed by atoms with Crippen molar-refractivity contribution in [2.45, 2.75) is 5.16 Å². The van der Waals surface area contributed by atoms with Crippen LogP contribution in [-0.2, 0) is 10.0 Å². The Bertz CT molecular complexity index is 604. The van der Waals surface area contributed by atoms with Crippen molar-refractivity contribution < 1.29 is 13.2 Å². The molecule has 0 atom stereocenters. The van der Waals surface area contributed by atoms with Crippen LogP contribution in [0.3, 0.4) is 0 Å². The SMILES string of the molecule is COc1nccc2nc(S(N)(=O)=O)nn12. The van der Waals surface area contributed by atoms with E-state index in [1.807, 2.05) is 0 Å². The molecule has 2 N–H and O–H groups in total. The van der Waals surface area contributed by atoms with Crippen LogP contribution in [0.5, 0.6) is 6.01 Å². The maximum absolute atomic E-state index is 11.0. The molecule has 0 aromatic carbocycles. The van der Waals surface area contributed by atoms with Crippen molar-refractivity contribution in [1.82, 2.24) is 19.6 Å². The first-order valence-electron chi connectivity index (χ1n) is 3.81. The van der Waals surface area contributed by atoms with Crippen LogP contribution >= 0.6 is 0 Å². The number of methoxy groups -OCH3 is 1. The van der Waals surface area contributed by atoms with Gasteiger partial charge in [-0.2, -0.15) is 9.50 Å². The fourth-order valence-electron chi connectivity index (χ4n) is 1.04. The molecule has 8 nitrogen and oxygen atoms in total. The summed E-state index contributed by atoms with van der Waals surface area (Å²) in [5.74, 6) is 0. The summed E-state index contributed by atoms with van der Waals surface area (Å²) in [6, 6.07) is 1.62. The van der Waals surface area contributed by atoms with Gasteiger partial charge in [0.15, 0.2) is 5.65 Å². The van der Waals surface area contributed by atoms with Crippen LogP contribution in [0.15, 0.2) is 17.4 Å². The Labute approximate surface area is 84.8 Å². The molecule has 0 fully saturated rings. The van der Waals surface area contributed by atoms with Crippen LogP contribution < -0.4 is 9.88 Å². The molecule has 0 aliphatic heterocycles. The summed E-state index contributed by atoms with van der Waals surface area (Å²) in [6.45, 7) is 0. The third-order valence-electron chi connectivity index (χ3n) is 1.64. The van der Waals surface area contributed by atoms with E-state index in [1.54, 1.807) is 0 Å². The Morgan fingerprint density at radius 1 is 1.53 bits per heavy atom. The Hall–Kier alpha value is -1.74. The first kappa shape index (κ1) is 9.80. The van der Waals surface area contributed by atoms with Gasteiger partial charge in [0.25, 0.3) is 15.2 Å². The van der Waals surface area contributed by atoms with E-state index in [0.717, 1.165) is 4.52 Å². The molecule has 0 aliphatic carbocycles. The molecule has 0 saturated heterocycles. The predicted molar refractivity (Wildman–Crippen MR) is 48.7 cm³/mol. The quantitative estimate of drug-likeness (QED) is 0.690. The smallest absolute Gasteiger partial charge is 0.319 e. The number of primary sulfonamides is 1. The predicted octanol–water partition coefficient (Wildman–Crippen LogP) is -1.22. The Morgan fingerprint density at radius 2 is 2.27 bits per heavy atom. The normalized spacial score (nSPS) is 11.9. The topological polar surface area (TPSA) is 112 Å². The second kappa shape index (κ2) is 3.14. The fraction of sp³-hybridized carbons (Fsp3) is 0.167. The second-order valence-corrected chi connectivity index (χ2v) is 4.10. The van der Waals surface area contributed by atoms with Crippen molar-refractivity contribution in [3.05, 3.63) is 12.3 Å². The summed E-state index contributed by atoms with van der Waals surface area (Å²) in [7, 11) is -2.53. The number of hydrogen-bond acceptors (Lipinski definition) is 6. The summed E-state index contributed by atoms with van der Waals surface area (Å²) in [4.78, 5) is 7.53. The van der Waals surface area contributed by atoms with Gasteiger partial charge in [-0.3, -0.25) is 0 Å². The number of rotatable bonds is 2. The number of nitrogens with two attached hydrogens (primary N) is 1. The molecule has 9 heteroatoms. The summed E-state index contributed by atoms with van der Waals surface area (Å²) >= 11 is 0. The van der Waals surface area contributed by atoms with Crippen molar-refractivity contribution in [2.24, 2.45) is 5.14 Å². The average Bonchev–Trinajstić information content (AvgIpc) is 2.59. The number of aromatic nitrogens is 4. The van der Waals surface area contributed by atoms with E-state index in [2.05, 4.69) is 15.1 Å². The van der Waals surface area contributed by atoms with Gasteiger partial charge >= 0.3 is 6.01 Å². The van der Waals surface area contributed by atoms with E-state index in [-0.39, 0.29) is 6.01 Å². The minimum atomic E-state index is -3.92. The van der Waals surface area contributed by atoms with Crippen molar-refractivity contribution in [3.63, 3.8) is 0 Å². The third-order valence-corrected chi connectivity index (χ3v) is 2.32. The zero-order valence-electron chi connectivity index (χ0n) is 7.65. The number of ether oxygens (including phenoxy) is 1. The number of sulfonamides is 1. The molecule has 0 spiro atoms. The molecule has 80 valence electrons. The molecule has 0 bridgehead atoms. The molecule has 0 amide bonds. The Balaban J connectivity index is 2.76. The summed E-state index contributed by atoms with van der Waals surface area (Å²) < 4.78 is 28.0. The molecule has 15 heavy (non-hydrogen) atoms. The molecule has 0 unspecified atom stereocenters. The average molecular weight is 229 g/mol. The van der Waals surface area contributed by atoms with Crippen molar-refractivity contribution >= 4 is 15.7 Å². The van der Waals surface area contributed by atoms with Crippen molar-refractivity contribution in [1.29, 1.82) is 0 Å². The molecular weight excluding hydrogens is 222 g/mol. The lowest BCUT2D eigenvalue weighted by molar-refractivity contribution is 0.366. The number of hydrogen-bond donors (Lipinski definition) is 1. The fourth-order valence-corrected chi connectivity index (χ4v) is 1.45. The molecule has 0 radical (unpaired) electrons. The summed E-state index contributed by atoms with van der Waals surface area (Å²) in [6.07, 6.45) is 1.43. The van der Waals surface area contributed by atoms with Crippen LogP contribution in [0, 0.1) is 0 Å². The van der Waals surface area contributed by atoms with Crippen LogP contribution in [0.4, 0.5) is 0 Å². The van der Waals surface area contributed by atoms with Crippen LogP contribution in [0.1, 0.15) is 0 Å². The van der Waals surface area contributed by atoms with Crippen LogP contribution in [0.2, 0.25) is 0 Å². The lowest BCUT2D eigenvalue weighted by Crippen LogP contribution is -2.14. The highest BCUT2D eigenvalue weighted by Gasteiger charge is 2.16. The van der Waals surface area contributed by atoms with E-state index in [0.29, 0.717) is 5.65 Å². The highest BCUT2D eigenvalue weighted by Crippen LogP contribution is 2.10. The number of nitrogens with zero attached hydrogens (tertiary/aromatic N) is 4. The zero-order valence-corrected chi connectivity index (χ0v) is 8.47. The van der Waals surface area contributed by atoms with Crippen LogP contribution in [-0.4, -0.2) is 35.1 Å². The van der Waals surface area contributed by atoms with E-state index in [9.17, 15) is 8.42 Å². The molecule has 2 heterocycles. The highest BCUT2D eigenvalue weighted by atomic mass is 32.2. The minimum Gasteiger partial charge on any atom is -0.467 e. The maximum atomic E-state index is 11.0. The Kier molecular flexibility index (Phi) is 2.05. The lowest BCUT2D eigenvalue weighted by Gasteiger charge is -1.97. The van der Waals surface area contributed by atoms with E-state index in [1.165, 1.54) is 19.4 Å². The molecule has 0 saturated carbocycles. The van der Waals surface area contributed by atoms with Gasteiger partial charge in [-0.25, -0.2) is 18.5 Å². The van der Waals surface area contributed by atoms with Gasteiger partial charge in [0, 0.05) is 12.3 Å². The summed E-state index contributed by atoms with van der Waals surface area (Å²) in [5.41, 5.74) is 0.297. The standard InChI is InChI=1S/C6H7N5O3S/c1-14-6-8-3-2-4-9-5(10-11(4)6)15(7,12)13/h2-3H,1H3,(H2,7,12,13).